The van der Waals surface area contributed by atoms with Gasteiger partial charge in [0.1, 0.15) is 22.9 Å². The molecule has 0 bridgehead atoms. The number of halogens is 1. The van der Waals surface area contributed by atoms with E-state index in [0.29, 0.717) is 11.3 Å². The Labute approximate surface area is 108 Å². The number of aromatic carboxylic acids is 1. The average molecular weight is 257 g/mol. The summed E-state index contributed by atoms with van der Waals surface area (Å²) < 4.78 is 18.4. The van der Waals surface area contributed by atoms with Crippen LogP contribution in [0.15, 0.2) is 42.5 Å². The summed E-state index contributed by atoms with van der Waals surface area (Å²) in [4.78, 5) is 11.0. The number of benzene rings is 2. The molecular weight excluding hydrogens is 249 g/mol. The van der Waals surface area contributed by atoms with Gasteiger partial charge in [0.05, 0.1) is 11.6 Å². The first-order valence-corrected chi connectivity index (χ1v) is 5.31. The van der Waals surface area contributed by atoms with Gasteiger partial charge in [0, 0.05) is 6.07 Å². The molecule has 0 aliphatic heterocycles. The first kappa shape index (κ1) is 12.6. The highest BCUT2D eigenvalue weighted by molar-refractivity contribution is 5.90. The van der Waals surface area contributed by atoms with Crippen molar-refractivity contribution >= 4 is 5.97 Å². The van der Waals surface area contributed by atoms with Crippen LogP contribution in [0.5, 0.6) is 11.5 Å². The average Bonchev–Trinajstić information content (AvgIpc) is 2.39. The van der Waals surface area contributed by atoms with Gasteiger partial charge >= 0.3 is 5.97 Å². The lowest BCUT2D eigenvalue weighted by Crippen LogP contribution is -2.00. The molecule has 0 aromatic heterocycles. The summed E-state index contributed by atoms with van der Waals surface area (Å²) in [6, 6.07) is 11.2. The third-order valence-corrected chi connectivity index (χ3v) is 2.39. The SMILES string of the molecule is N#Cc1ccc(Oc2cc(F)ccc2C(=O)O)cc1. The van der Waals surface area contributed by atoms with E-state index in [1.165, 1.54) is 24.3 Å². The third-order valence-electron chi connectivity index (χ3n) is 2.39. The molecule has 19 heavy (non-hydrogen) atoms. The van der Waals surface area contributed by atoms with Gasteiger partial charge in [0.15, 0.2) is 0 Å². The first-order chi connectivity index (χ1) is 9.10. The number of ether oxygens (including phenoxy) is 1. The second-order valence-corrected chi connectivity index (χ2v) is 3.68. The largest absolute Gasteiger partial charge is 0.478 e. The van der Waals surface area contributed by atoms with E-state index in [9.17, 15) is 9.18 Å². The maximum Gasteiger partial charge on any atom is 0.339 e. The van der Waals surface area contributed by atoms with E-state index in [-0.39, 0.29) is 11.3 Å². The van der Waals surface area contributed by atoms with Gasteiger partial charge < -0.3 is 9.84 Å². The van der Waals surface area contributed by atoms with E-state index in [4.69, 9.17) is 15.1 Å². The van der Waals surface area contributed by atoms with Crippen molar-refractivity contribution in [2.45, 2.75) is 0 Å². The number of carboxylic acids is 1. The zero-order chi connectivity index (χ0) is 13.8. The molecule has 0 saturated heterocycles. The van der Waals surface area contributed by atoms with Crippen molar-refractivity contribution in [3.05, 3.63) is 59.4 Å². The van der Waals surface area contributed by atoms with Gasteiger partial charge in [-0.15, -0.1) is 0 Å². The van der Waals surface area contributed by atoms with Gasteiger partial charge in [-0.2, -0.15) is 5.26 Å². The van der Waals surface area contributed by atoms with Crippen LogP contribution in [0.4, 0.5) is 4.39 Å². The molecule has 5 heteroatoms. The quantitative estimate of drug-likeness (QED) is 0.916. The molecule has 0 atom stereocenters. The second kappa shape index (κ2) is 5.19. The summed E-state index contributed by atoms with van der Waals surface area (Å²) in [6.07, 6.45) is 0. The summed E-state index contributed by atoms with van der Waals surface area (Å²) in [5.41, 5.74) is 0.316. The smallest absolute Gasteiger partial charge is 0.339 e. The predicted molar refractivity (Wildman–Crippen MR) is 64.6 cm³/mol. The molecule has 0 amide bonds. The fraction of sp³-hybridized carbons (Fsp3) is 0. The molecule has 0 spiro atoms. The highest BCUT2D eigenvalue weighted by Gasteiger charge is 2.13. The fourth-order valence-electron chi connectivity index (χ4n) is 1.48. The Kier molecular flexibility index (Phi) is 3.44. The van der Waals surface area contributed by atoms with Crippen molar-refractivity contribution in [1.29, 1.82) is 5.26 Å². The van der Waals surface area contributed by atoms with Gasteiger partial charge in [-0.3, -0.25) is 0 Å². The van der Waals surface area contributed by atoms with Gasteiger partial charge in [-0.1, -0.05) is 0 Å². The molecule has 2 rings (SSSR count). The van der Waals surface area contributed by atoms with Gasteiger partial charge in [0.25, 0.3) is 0 Å². The van der Waals surface area contributed by atoms with Gasteiger partial charge in [-0.05, 0) is 36.4 Å². The molecule has 0 unspecified atom stereocenters. The number of nitrogens with zero attached hydrogens (tertiary/aromatic N) is 1. The molecule has 0 aliphatic carbocycles. The predicted octanol–water partition coefficient (Wildman–Crippen LogP) is 3.19. The van der Waals surface area contributed by atoms with Crippen LogP contribution < -0.4 is 4.74 Å². The van der Waals surface area contributed by atoms with E-state index in [2.05, 4.69) is 0 Å². The van der Waals surface area contributed by atoms with Crippen molar-refractivity contribution in [3.63, 3.8) is 0 Å². The van der Waals surface area contributed by atoms with Crippen LogP contribution in [0.3, 0.4) is 0 Å². The Morgan fingerprint density at radius 1 is 1.21 bits per heavy atom. The van der Waals surface area contributed by atoms with E-state index >= 15 is 0 Å². The first-order valence-electron chi connectivity index (χ1n) is 5.31. The van der Waals surface area contributed by atoms with Crippen LogP contribution in [0, 0.1) is 17.1 Å². The summed E-state index contributed by atoms with van der Waals surface area (Å²) in [5, 5.41) is 17.6. The van der Waals surface area contributed by atoms with Crippen LogP contribution in [0.25, 0.3) is 0 Å². The Bertz CT molecular complexity index is 659. The van der Waals surface area contributed by atoms with Gasteiger partial charge in [-0.25, -0.2) is 9.18 Å². The molecule has 4 nitrogen and oxygen atoms in total. The minimum atomic E-state index is -1.20. The van der Waals surface area contributed by atoms with Crippen LogP contribution in [0.2, 0.25) is 0 Å². The lowest BCUT2D eigenvalue weighted by atomic mass is 10.2. The molecule has 0 radical (unpaired) electrons. The van der Waals surface area contributed by atoms with Crippen molar-refractivity contribution < 1.29 is 19.0 Å². The number of nitriles is 1. The van der Waals surface area contributed by atoms with Crippen molar-refractivity contribution in [2.24, 2.45) is 0 Å². The highest BCUT2D eigenvalue weighted by Crippen LogP contribution is 2.26. The number of rotatable bonds is 3. The minimum Gasteiger partial charge on any atom is -0.478 e. The molecule has 0 fully saturated rings. The normalized spacial score (nSPS) is 9.68. The Hall–Kier alpha value is -2.87. The number of carbonyl (C=O) groups is 1. The maximum atomic E-state index is 13.1. The van der Waals surface area contributed by atoms with E-state index < -0.39 is 11.8 Å². The van der Waals surface area contributed by atoms with Crippen LogP contribution in [-0.4, -0.2) is 11.1 Å². The van der Waals surface area contributed by atoms with Crippen LogP contribution in [0.1, 0.15) is 15.9 Å². The highest BCUT2D eigenvalue weighted by atomic mass is 19.1. The van der Waals surface area contributed by atoms with Gasteiger partial charge in [0.2, 0.25) is 0 Å². The summed E-state index contributed by atoms with van der Waals surface area (Å²) in [6.45, 7) is 0. The second-order valence-electron chi connectivity index (χ2n) is 3.68. The molecule has 0 heterocycles. The van der Waals surface area contributed by atoms with Crippen molar-refractivity contribution in [1.82, 2.24) is 0 Å². The standard InChI is InChI=1S/C14H8FNO3/c15-10-3-6-12(14(17)18)13(7-10)19-11-4-1-9(8-16)2-5-11/h1-7H,(H,17,18). The zero-order valence-electron chi connectivity index (χ0n) is 9.63. The van der Waals surface area contributed by atoms with Crippen molar-refractivity contribution in [3.8, 4) is 17.6 Å². The zero-order valence-corrected chi connectivity index (χ0v) is 9.63. The molecule has 0 saturated carbocycles. The van der Waals surface area contributed by atoms with Crippen LogP contribution >= 0.6 is 0 Å². The number of hydrogen-bond donors (Lipinski definition) is 1. The third kappa shape index (κ3) is 2.87. The Balaban J connectivity index is 2.34. The summed E-state index contributed by atoms with van der Waals surface area (Å²) >= 11 is 0. The fourth-order valence-corrected chi connectivity index (χ4v) is 1.48. The van der Waals surface area contributed by atoms with E-state index in [1.807, 2.05) is 6.07 Å². The summed E-state index contributed by atoms with van der Waals surface area (Å²) in [7, 11) is 0. The molecule has 94 valence electrons. The number of carboxylic acid groups (broad SMARTS) is 1. The van der Waals surface area contributed by atoms with E-state index in [1.54, 1.807) is 0 Å². The molecule has 0 aliphatic rings. The molecular formula is C14H8FNO3. The monoisotopic (exact) mass is 257 g/mol. The van der Waals surface area contributed by atoms with Crippen molar-refractivity contribution in [2.75, 3.05) is 0 Å². The Morgan fingerprint density at radius 2 is 1.89 bits per heavy atom. The lowest BCUT2D eigenvalue weighted by molar-refractivity contribution is 0.0694. The topological polar surface area (TPSA) is 70.3 Å². The molecule has 1 N–H and O–H groups in total. The Morgan fingerprint density at radius 3 is 2.47 bits per heavy atom. The van der Waals surface area contributed by atoms with E-state index in [0.717, 1.165) is 18.2 Å². The minimum absolute atomic E-state index is 0.0859. The molecule has 2 aromatic carbocycles. The van der Waals surface area contributed by atoms with Crippen LogP contribution in [-0.2, 0) is 0 Å². The lowest BCUT2D eigenvalue weighted by Gasteiger charge is -2.08. The number of hydrogen-bond acceptors (Lipinski definition) is 3. The summed E-state index contributed by atoms with van der Waals surface area (Å²) in [5.74, 6) is -1.55. The molecule has 2 aromatic rings. The maximum absolute atomic E-state index is 13.1.